The Morgan fingerprint density at radius 3 is 2.81 bits per heavy atom. The molecule has 0 aliphatic carbocycles. The van der Waals surface area contributed by atoms with Gasteiger partial charge in [0.2, 0.25) is 0 Å². The number of halogens is 3. The van der Waals surface area contributed by atoms with Crippen LogP contribution >= 0.6 is 12.4 Å². The molecule has 16 heavy (non-hydrogen) atoms. The summed E-state index contributed by atoms with van der Waals surface area (Å²) in [5.41, 5.74) is 0. The van der Waals surface area contributed by atoms with Gasteiger partial charge in [0.25, 0.3) is 0 Å². The zero-order chi connectivity index (χ0) is 10.7. The van der Waals surface area contributed by atoms with Crippen molar-refractivity contribution in [2.45, 2.75) is 18.9 Å². The molecule has 1 saturated heterocycles. The van der Waals surface area contributed by atoms with Gasteiger partial charge in [0.05, 0.1) is 0 Å². The molecule has 0 bridgehead atoms. The first-order valence-corrected chi connectivity index (χ1v) is 5.07. The molecular formula is C11H14ClF2NO. The maximum atomic E-state index is 13.1. The van der Waals surface area contributed by atoms with Gasteiger partial charge in [-0.25, -0.2) is 8.78 Å². The van der Waals surface area contributed by atoms with Gasteiger partial charge >= 0.3 is 0 Å². The maximum absolute atomic E-state index is 13.1. The highest BCUT2D eigenvalue weighted by atomic mass is 35.5. The molecule has 0 aromatic heterocycles. The zero-order valence-electron chi connectivity index (χ0n) is 8.71. The summed E-state index contributed by atoms with van der Waals surface area (Å²) in [6.45, 7) is 1.42. The molecule has 1 unspecified atom stereocenters. The third kappa shape index (κ3) is 3.32. The lowest BCUT2D eigenvalue weighted by Gasteiger charge is -2.12. The van der Waals surface area contributed by atoms with E-state index >= 15 is 0 Å². The SMILES string of the molecule is Cl.Fc1ccc(OCC2CCCN2)c(F)c1. The molecule has 0 spiro atoms. The Morgan fingerprint density at radius 1 is 1.38 bits per heavy atom. The molecule has 1 aromatic rings. The highest BCUT2D eigenvalue weighted by Crippen LogP contribution is 2.18. The van der Waals surface area contributed by atoms with Crippen LogP contribution in [0, 0.1) is 11.6 Å². The number of nitrogens with one attached hydrogen (secondary N) is 1. The van der Waals surface area contributed by atoms with Crippen LogP contribution < -0.4 is 10.1 Å². The van der Waals surface area contributed by atoms with Crippen molar-refractivity contribution in [1.82, 2.24) is 5.32 Å². The van der Waals surface area contributed by atoms with E-state index in [4.69, 9.17) is 4.74 Å². The fourth-order valence-corrected chi connectivity index (χ4v) is 1.68. The van der Waals surface area contributed by atoms with E-state index in [1.807, 2.05) is 0 Å². The Kier molecular flexibility index (Phi) is 4.96. The molecule has 1 aromatic carbocycles. The molecule has 1 aliphatic rings. The summed E-state index contributed by atoms with van der Waals surface area (Å²) >= 11 is 0. The van der Waals surface area contributed by atoms with Gasteiger partial charge in [0.1, 0.15) is 12.4 Å². The summed E-state index contributed by atoms with van der Waals surface area (Å²) in [5.74, 6) is -1.11. The van der Waals surface area contributed by atoms with E-state index in [9.17, 15) is 8.78 Å². The Morgan fingerprint density at radius 2 is 2.19 bits per heavy atom. The predicted octanol–water partition coefficient (Wildman–Crippen LogP) is 2.52. The quantitative estimate of drug-likeness (QED) is 0.889. The van der Waals surface area contributed by atoms with Crippen LogP contribution in [0.3, 0.4) is 0 Å². The van der Waals surface area contributed by atoms with Gasteiger partial charge in [-0.05, 0) is 31.5 Å². The standard InChI is InChI=1S/C11H13F2NO.ClH/c12-8-3-4-11(10(13)6-8)15-7-9-2-1-5-14-9;/h3-4,6,9,14H,1-2,5,7H2;1H. The summed E-state index contributed by atoms with van der Waals surface area (Å²) in [6, 6.07) is 3.63. The van der Waals surface area contributed by atoms with Gasteiger partial charge in [-0.1, -0.05) is 0 Å². The van der Waals surface area contributed by atoms with Gasteiger partial charge in [0.15, 0.2) is 11.6 Å². The highest BCUT2D eigenvalue weighted by Gasteiger charge is 2.15. The summed E-state index contributed by atoms with van der Waals surface area (Å²) in [5, 5.41) is 3.24. The first-order valence-electron chi connectivity index (χ1n) is 5.07. The van der Waals surface area contributed by atoms with E-state index in [0.717, 1.165) is 25.5 Å². The summed E-state index contributed by atoms with van der Waals surface area (Å²) in [7, 11) is 0. The number of rotatable bonds is 3. The molecule has 0 saturated carbocycles. The first kappa shape index (κ1) is 13.2. The van der Waals surface area contributed by atoms with E-state index in [-0.39, 0.29) is 24.2 Å². The minimum Gasteiger partial charge on any atom is -0.489 e. The van der Waals surface area contributed by atoms with Crippen molar-refractivity contribution in [2.75, 3.05) is 13.2 Å². The fourth-order valence-electron chi connectivity index (χ4n) is 1.68. The number of hydrogen-bond donors (Lipinski definition) is 1. The molecule has 1 aliphatic heterocycles. The molecule has 1 fully saturated rings. The second kappa shape index (κ2) is 6.01. The van der Waals surface area contributed by atoms with E-state index in [1.165, 1.54) is 12.1 Å². The molecule has 1 N–H and O–H groups in total. The molecule has 2 rings (SSSR count). The Hall–Kier alpha value is -0.870. The summed E-state index contributed by atoms with van der Waals surface area (Å²) in [4.78, 5) is 0. The fraction of sp³-hybridized carbons (Fsp3) is 0.455. The first-order chi connectivity index (χ1) is 7.25. The van der Waals surface area contributed by atoms with Crippen LogP contribution in [0.5, 0.6) is 5.75 Å². The lowest BCUT2D eigenvalue weighted by Crippen LogP contribution is -2.28. The lowest BCUT2D eigenvalue weighted by atomic mass is 10.2. The van der Waals surface area contributed by atoms with Crippen molar-refractivity contribution < 1.29 is 13.5 Å². The van der Waals surface area contributed by atoms with Gasteiger partial charge in [-0.2, -0.15) is 0 Å². The Labute approximate surface area is 99.4 Å². The molecule has 1 heterocycles. The second-order valence-corrected chi connectivity index (χ2v) is 3.68. The molecule has 0 radical (unpaired) electrons. The maximum Gasteiger partial charge on any atom is 0.167 e. The van der Waals surface area contributed by atoms with Gasteiger partial charge in [-0.15, -0.1) is 12.4 Å². The van der Waals surface area contributed by atoms with Crippen molar-refractivity contribution in [3.63, 3.8) is 0 Å². The highest BCUT2D eigenvalue weighted by molar-refractivity contribution is 5.85. The van der Waals surface area contributed by atoms with Crippen molar-refractivity contribution in [3.05, 3.63) is 29.8 Å². The van der Waals surface area contributed by atoms with Gasteiger partial charge < -0.3 is 10.1 Å². The van der Waals surface area contributed by atoms with Crippen LogP contribution in [-0.2, 0) is 0 Å². The molecule has 90 valence electrons. The van der Waals surface area contributed by atoms with Crippen LogP contribution in [0.2, 0.25) is 0 Å². The smallest absolute Gasteiger partial charge is 0.167 e. The van der Waals surface area contributed by atoms with E-state index in [0.29, 0.717) is 6.61 Å². The van der Waals surface area contributed by atoms with Gasteiger partial charge in [0, 0.05) is 12.1 Å². The van der Waals surface area contributed by atoms with E-state index in [1.54, 1.807) is 0 Å². The summed E-state index contributed by atoms with van der Waals surface area (Å²) in [6.07, 6.45) is 2.17. The van der Waals surface area contributed by atoms with Crippen molar-refractivity contribution in [2.24, 2.45) is 0 Å². The van der Waals surface area contributed by atoms with Crippen LogP contribution in [-0.4, -0.2) is 19.2 Å². The van der Waals surface area contributed by atoms with Crippen LogP contribution in [0.25, 0.3) is 0 Å². The van der Waals surface area contributed by atoms with Crippen LogP contribution in [0.1, 0.15) is 12.8 Å². The third-order valence-corrected chi connectivity index (χ3v) is 2.50. The van der Waals surface area contributed by atoms with E-state index in [2.05, 4.69) is 5.32 Å². The monoisotopic (exact) mass is 249 g/mol. The predicted molar refractivity (Wildman–Crippen MR) is 60.1 cm³/mol. The molecule has 0 amide bonds. The second-order valence-electron chi connectivity index (χ2n) is 3.68. The number of benzene rings is 1. The van der Waals surface area contributed by atoms with Crippen LogP contribution in [0.15, 0.2) is 18.2 Å². The minimum absolute atomic E-state index is 0. The Balaban J connectivity index is 0.00000128. The third-order valence-electron chi connectivity index (χ3n) is 2.50. The van der Waals surface area contributed by atoms with Crippen LogP contribution in [0.4, 0.5) is 8.78 Å². The van der Waals surface area contributed by atoms with Gasteiger partial charge in [-0.3, -0.25) is 0 Å². The normalized spacial score (nSPS) is 19.2. The minimum atomic E-state index is -0.645. The van der Waals surface area contributed by atoms with Crippen molar-refractivity contribution in [3.8, 4) is 5.75 Å². The molecule has 1 atom stereocenters. The average molecular weight is 250 g/mol. The molecule has 2 nitrogen and oxygen atoms in total. The average Bonchev–Trinajstić information content (AvgIpc) is 2.69. The number of ether oxygens (including phenoxy) is 1. The zero-order valence-corrected chi connectivity index (χ0v) is 9.53. The number of hydrogen-bond acceptors (Lipinski definition) is 2. The van der Waals surface area contributed by atoms with Crippen molar-refractivity contribution in [1.29, 1.82) is 0 Å². The molecular weight excluding hydrogens is 236 g/mol. The lowest BCUT2D eigenvalue weighted by molar-refractivity contribution is 0.265. The Bertz CT molecular complexity index is 343. The topological polar surface area (TPSA) is 21.3 Å². The molecule has 5 heteroatoms. The largest absolute Gasteiger partial charge is 0.489 e. The van der Waals surface area contributed by atoms with Crippen molar-refractivity contribution >= 4 is 12.4 Å². The van der Waals surface area contributed by atoms with E-state index < -0.39 is 11.6 Å². The summed E-state index contributed by atoms with van der Waals surface area (Å²) < 4.78 is 31.0.